The molecule has 1 aromatic heterocycles. The fourth-order valence-corrected chi connectivity index (χ4v) is 1.74. The molecule has 0 aromatic carbocycles. The number of hydrogen-bond acceptors (Lipinski definition) is 3. The Labute approximate surface area is 119 Å². The van der Waals surface area contributed by atoms with Gasteiger partial charge in [-0.25, -0.2) is 4.79 Å². The molecule has 3 amide bonds. The third kappa shape index (κ3) is 5.77. The van der Waals surface area contributed by atoms with Gasteiger partial charge in [0.25, 0.3) is 0 Å². The summed E-state index contributed by atoms with van der Waals surface area (Å²) in [6.07, 6.45) is 3.17. The molecule has 0 radical (unpaired) electrons. The van der Waals surface area contributed by atoms with Crippen LogP contribution in [0, 0.1) is 0 Å². The second kappa shape index (κ2) is 8.24. The van der Waals surface area contributed by atoms with Gasteiger partial charge in [0.05, 0.1) is 6.26 Å². The molecule has 0 fully saturated rings. The Morgan fingerprint density at radius 1 is 1.30 bits per heavy atom. The molecule has 1 rings (SSSR count). The third-order valence-corrected chi connectivity index (χ3v) is 2.87. The molecule has 112 valence electrons. The first-order chi connectivity index (χ1) is 9.52. The lowest BCUT2D eigenvalue weighted by Gasteiger charge is -2.17. The highest BCUT2D eigenvalue weighted by Gasteiger charge is 2.15. The SMILES string of the molecule is CCNC(=O)[C@H](C)NC(=O)N[C@@H](C)CCc1ccco1. The second-order valence-corrected chi connectivity index (χ2v) is 4.75. The summed E-state index contributed by atoms with van der Waals surface area (Å²) in [5, 5.41) is 8.06. The lowest BCUT2D eigenvalue weighted by Crippen LogP contribution is -2.50. The fraction of sp³-hybridized carbons (Fsp3) is 0.571. The molecule has 0 unspecified atom stereocenters. The van der Waals surface area contributed by atoms with E-state index in [0.717, 1.165) is 18.6 Å². The van der Waals surface area contributed by atoms with Crippen molar-refractivity contribution in [3.8, 4) is 0 Å². The molecule has 3 N–H and O–H groups in total. The molecule has 0 spiro atoms. The highest BCUT2D eigenvalue weighted by atomic mass is 16.3. The van der Waals surface area contributed by atoms with Crippen molar-refractivity contribution in [2.24, 2.45) is 0 Å². The Morgan fingerprint density at radius 3 is 2.65 bits per heavy atom. The zero-order valence-electron chi connectivity index (χ0n) is 12.2. The molecule has 1 heterocycles. The van der Waals surface area contributed by atoms with Crippen LogP contribution in [0.15, 0.2) is 22.8 Å². The van der Waals surface area contributed by atoms with Crippen molar-refractivity contribution in [3.05, 3.63) is 24.2 Å². The Kier molecular flexibility index (Phi) is 6.63. The molecular weight excluding hydrogens is 258 g/mol. The van der Waals surface area contributed by atoms with Gasteiger partial charge in [-0.3, -0.25) is 4.79 Å². The molecule has 0 bridgehead atoms. The van der Waals surface area contributed by atoms with Crippen LogP contribution in [0.1, 0.15) is 33.0 Å². The van der Waals surface area contributed by atoms with Crippen LogP contribution >= 0.6 is 0 Å². The number of carbonyl (C=O) groups is 2. The predicted molar refractivity (Wildman–Crippen MR) is 76.3 cm³/mol. The van der Waals surface area contributed by atoms with E-state index >= 15 is 0 Å². The Bertz CT molecular complexity index is 417. The molecule has 0 saturated carbocycles. The summed E-state index contributed by atoms with van der Waals surface area (Å²) < 4.78 is 5.23. The lowest BCUT2D eigenvalue weighted by atomic mass is 10.1. The molecule has 1 aromatic rings. The van der Waals surface area contributed by atoms with Crippen LogP contribution in [0.4, 0.5) is 4.79 Å². The number of amides is 3. The van der Waals surface area contributed by atoms with Gasteiger partial charge in [-0.15, -0.1) is 0 Å². The highest BCUT2D eigenvalue weighted by Crippen LogP contribution is 2.05. The van der Waals surface area contributed by atoms with E-state index in [-0.39, 0.29) is 18.0 Å². The molecule has 0 aliphatic carbocycles. The van der Waals surface area contributed by atoms with Crippen molar-refractivity contribution in [3.63, 3.8) is 0 Å². The van der Waals surface area contributed by atoms with Gasteiger partial charge < -0.3 is 20.4 Å². The van der Waals surface area contributed by atoms with E-state index in [2.05, 4.69) is 16.0 Å². The van der Waals surface area contributed by atoms with Crippen LogP contribution < -0.4 is 16.0 Å². The quantitative estimate of drug-likeness (QED) is 0.707. The summed E-state index contributed by atoms with van der Waals surface area (Å²) >= 11 is 0. The molecule has 20 heavy (non-hydrogen) atoms. The van der Waals surface area contributed by atoms with Gasteiger partial charge in [0.2, 0.25) is 5.91 Å². The topological polar surface area (TPSA) is 83.4 Å². The monoisotopic (exact) mass is 281 g/mol. The van der Waals surface area contributed by atoms with Crippen LogP contribution in [0.2, 0.25) is 0 Å². The van der Waals surface area contributed by atoms with Crippen LogP contribution in [0.5, 0.6) is 0 Å². The van der Waals surface area contributed by atoms with Crippen molar-refractivity contribution in [2.45, 2.75) is 45.7 Å². The number of nitrogens with one attached hydrogen (secondary N) is 3. The Morgan fingerprint density at radius 2 is 2.05 bits per heavy atom. The molecule has 0 aliphatic heterocycles. The van der Waals surface area contributed by atoms with Crippen molar-refractivity contribution >= 4 is 11.9 Å². The molecule has 0 aliphatic rings. The number of carbonyl (C=O) groups excluding carboxylic acids is 2. The maximum absolute atomic E-state index is 11.7. The van der Waals surface area contributed by atoms with Gasteiger partial charge in [-0.05, 0) is 39.3 Å². The van der Waals surface area contributed by atoms with Crippen LogP contribution in [-0.2, 0) is 11.2 Å². The summed E-state index contributed by atoms with van der Waals surface area (Å²) in [6, 6.07) is 2.86. The minimum atomic E-state index is -0.549. The zero-order valence-corrected chi connectivity index (χ0v) is 12.2. The smallest absolute Gasteiger partial charge is 0.315 e. The molecule has 0 saturated heterocycles. The Balaban J connectivity index is 2.25. The van der Waals surface area contributed by atoms with E-state index in [0.29, 0.717) is 6.54 Å². The fourth-order valence-electron chi connectivity index (χ4n) is 1.74. The Hall–Kier alpha value is -1.98. The van der Waals surface area contributed by atoms with Crippen LogP contribution in [-0.4, -0.2) is 30.6 Å². The number of hydrogen-bond donors (Lipinski definition) is 3. The van der Waals surface area contributed by atoms with Gasteiger partial charge in [0, 0.05) is 19.0 Å². The molecule has 6 heteroatoms. The first kappa shape index (κ1) is 16.1. The third-order valence-electron chi connectivity index (χ3n) is 2.87. The maximum atomic E-state index is 11.7. The van der Waals surface area contributed by atoms with Gasteiger partial charge in [-0.1, -0.05) is 0 Å². The first-order valence-electron chi connectivity index (χ1n) is 6.90. The van der Waals surface area contributed by atoms with E-state index in [4.69, 9.17) is 4.42 Å². The van der Waals surface area contributed by atoms with Crippen molar-refractivity contribution in [1.82, 2.24) is 16.0 Å². The minimum Gasteiger partial charge on any atom is -0.469 e. The molecular formula is C14H23N3O3. The summed E-state index contributed by atoms with van der Waals surface area (Å²) in [4.78, 5) is 23.2. The maximum Gasteiger partial charge on any atom is 0.315 e. The minimum absolute atomic E-state index is 0.00142. The average Bonchev–Trinajstić information content (AvgIpc) is 2.89. The van der Waals surface area contributed by atoms with Crippen LogP contribution in [0.25, 0.3) is 0 Å². The van der Waals surface area contributed by atoms with E-state index in [9.17, 15) is 9.59 Å². The van der Waals surface area contributed by atoms with Gasteiger partial charge >= 0.3 is 6.03 Å². The van der Waals surface area contributed by atoms with Crippen LogP contribution in [0.3, 0.4) is 0 Å². The number of furan rings is 1. The average molecular weight is 281 g/mol. The zero-order chi connectivity index (χ0) is 15.0. The van der Waals surface area contributed by atoms with Gasteiger partial charge in [0.15, 0.2) is 0 Å². The van der Waals surface area contributed by atoms with E-state index in [1.165, 1.54) is 0 Å². The van der Waals surface area contributed by atoms with Gasteiger partial charge in [-0.2, -0.15) is 0 Å². The largest absolute Gasteiger partial charge is 0.469 e. The normalized spacial score (nSPS) is 13.3. The van der Waals surface area contributed by atoms with E-state index in [1.807, 2.05) is 26.0 Å². The molecule has 6 nitrogen and oxygen atoms in total. The number of aryl methyl sites for hydroxylation is 1. The number of rotatable bonds is 7. The predicted octanol–water partition coefficient (Wildman–Crippen LogP) is 1.42. The summed E-state index contributed by atoms with van der Waals surface area (Å²) in [7, 11) is 0. The van der Waals surface area contributed by atoms with Crippen molar-refractivity contribution in [1.29, 1.82) is 0 Å². The number of likely N-dealkylation sites (N-methyl/N-ethyl adjacent to an activating group) is 1. The summed E-state index contributed by atoms with van der Waals surface area (Å²) in [6.45, 7) is 5.95. The summed E-state index contributed by atoms with van der Waals surface area (Å²) in [5.74, 6) is 0.709. The van der Waals surface area contributed by atoms with Gasteiger partial charge in [0.1, 0.15) is 11.8 Å². The highest BCUT2D eigenvalue weighted by molar-refractivity contribution is 5.86. The first-order valence-corrected chi connectivity index (χ1v) is 6.90. The van der Waals surface area contributed by atoms with E-state index < -0.39 is 6.04 Å². The van der Waals surface area contributed by atoms with Crippen molar-refractivity contribution < 1.29 is 14.0 Å². The second-order valence-electron chi connectivity index (χ2n) is 4.75. The summed E-state index contributed by atoms with van der Waals surface area (Å²) in [5.41, 5.74) is 0. The molecule has 2 atom stereocenters. The standard InChI is InChI=1S/C14H23N3O3/c1-4-15-13(18)11(3)17-14(19)16-10(2)7-8-12-6-5-9-20-12/h5-6,9-11H,4,7-8H2,1-3H3,(H,15,18)(H2,16,17,19)/t10-,11-/m0/s1. The van der Waals surface area contributed by atoms with Crippen molar-refractivity contribution in [2.75, 3.05) is 6.54 Å². The van der Waals surface area contributed by atoms with E-state index in [1.54, 1.807) is 13.2 Å². The lowest BCUT2D eigenvalue weighted by molar-refractivity contribution is -0.122. The number of urea groups is 1.